The van der Waals surface area contributed by atoms with E-state index in [0.717, 1.165) is 24.5 Å². The van der Waals surface area contributed by atoms with Gasteiger partial charge < -0.3 is 14.7 Å². The van der Waals surface area contributed by atoms with E-state index in [4.69, 9.17) is 0 Å². The summed E-state index contributed by atoms with van der Waals surface area (Å²) >= 11 is 0. The molecule has 2 heterocycles. The summed E-state index contributed by atoms with van der Waals surface area (Å²) in [5.41, 5.74) is 1.71. The number of hydrogen-bond donors (Lipinski definition) is 0. The van der Waals surface area contributed by atoms with Gasteiger partial charge in [0.25, 0.3) is 5.91 Å². The van der Waals surface area contributed by atoms with Crippen molar-refractivity contribution in [2.24, 2.45) is 0 Å². The smallest absolute Gasteiger partial charge is 0.255 e. The van der Waals surface area contributed by atoms with Gasteiger partial charge in [-0.15, -0.1) is 0 Å². The summed E-state index contributed by atoms with van der Waals surface area (Å²) < 4.78 is 0. The molecule has 27 heavy (non-hydrogen) atoms. The van der Waals surface area contributed by atoms with Crippen molar-refractivity contribution in [1.82, 2.24) is 14.8 Å². The van der Waals surface area contributed by atoms with Gasteiger partial charge in [-0.05, 0) is 24.6 Å². The van der Waals surface area contributed by atoms with Gasteiger partial charge in [0.15, 0.2) is 0 Å². The summed E-state index contributed by atoms with van der Waals surface area (Å²) in [6, 6.07) is 13.7. The van der Waals surface area contributed by atoms with Gasteiger partial charge in [-0.1, -0.05) is 30.3 Å². The van der Waals surface area contributed by atoms with Gasteiger partial charge >= 0.3 is 0 Å². The van der Waals surface area contributed by atoms with Crippen molar-refractivity contribution < 1.29 is 9.59 Å². The molecule has 1 aromatic heterocycles. The van der Waals surface area contributed by atoms with Crippen molar-refractivity contribution in [3.8, 4) is 0 Å². The maximum Gasteiger partial charge on any atom is 0.255 e. The van der Waals surface area contributed by atoms with Crippen LogP contribution in [0, 0.1) is 0 Å². The first kappa shape index (κ1) is 18.9. The molecule has 0 N–H and O–H groups in total. The van der Waals surface area contributed by atoms with E-state index < -0.39 is 0 Å². The number of hydrogen-bond acceptors (Lipinski definition) is 4. The van der Waals surface area contributed by atoms with E-state index in [2.05, 4.69) is 9.88 Å². The third-order valence-corrected chi connectivity index (χ3v) is 4.93. The Hall–Kier alpha value is -2.89. The molecule has 6 heteroatoms. The molecule has 1 saturated heterocycles. The van der Waals surface area contributed by atoms with Crippen molar-refractivity contribution in [2.75, 3.05) is 37.6 Å². The molecule has 0 radical (unpaired) electrons. The van der Waals surface area contributed by atoms with E-state index in [1.165, 1.54) is 0 Å². The van der Waals surface area contributed by atoms with Crippen LogP contribution in [0.25, 0.3) is 0 Å². The van der Waals surface area contributed by atoms with Crippen LogP contribution in [0.1, 0.15) is 29.8 Å². The van der Waals surface area contributed by atoms with Crippen LogP contribution in [0.3, 0.4) is 0 Å². The SMILES string of the molecule is CCN(Cc1ccccc1)C(=O)c1ccc(N2CCN(C(C)=O)CC2)nc1. The molecule has 142 valence electrons. The van der Waals surface area contributed by atoms with Crippen LogP contribution < -0.4 is 4.90 Å². The predicted octanol–water partition coefficient (Wildman–Crippen LogP) is 2.41. The van der Waals surface area contributed by atoms with Crippen LogP contribution in [0.4, 0.5) is 5.82 Å². The van der Waals surface area contributed by atoms with Crippen molar-refractivity contribution in [1.29, 1.82) is 0 Å². The maximum absolute atomic E-state index is 12.8. The van der Waals surface area contributed by atoms with Crippen LogP contribution in [-0.4, -0.2) is 59.3 Å². The maximum atomic E-state index is 12.8. The summed E-state index contributed by atoms with van der Waals surface area (Å²) in [6.07, 6.45) is 1.66. The lowest BCUT2D eigenvalue weighted by Crippen LogP contribution is -2.48. The zero-order valence-corrected chi connectivity index (χ0v) is 16.0. The van der Waals surface area contributed by atoms with Crippen molar-refractivity contribution in [3.63, 3.8) is 0 Å². The lowest BCUT2D eigenvalue weighted by molar-refractivity contribution is -0.129. The molecule has 1 aliphatic rings. The summed E-state index contributed by atoms with van der Waals surface area (Å²) in [5.74, 6) is 0.948. The fraction of sp³-hybridized carbons (Fsp3) is 0.381. The van der Waals surface area contributed by atoms with E-state index >= 15 is 0 Å². The second-order valence-electron chi connectivity index (χ2n) is 6.70. The minimum absolute atomic E-state index is 0.0122. The first-order valence-electron chi connectivity index (χ1n) is 9.38. The highest BCUT2D eigenvalue weighted by atomic mass is 16.2. The molecule has 0 aliphatic carbocycles. The number of nitrogens with zero attached hydrogens (tertiary/aromatic N) is 4. The van der Waals surface area contributed by atoms with Gasteiger partial charge in [-0.25, -0.2) is 4.98 Å². The van der Waals surface area contributed by atoms with Gasteiger partial charge in [0, 0.05) is 52.4 Å². The molecule has 6 nitrogen and oxygen atoms in total. The standard InChI is InChI=1S/C21H26N4O2/c1-3-23(16-18-7-5-4-6-8-18)21(27)19-9-10-20(22-15-19)25-13-11-24(12-14-25)17(2)26/h4-10,15H,3,11-14,16H2,1-2H3. The van der Waals surface area contributed by atoms with E-state index in [0.29, 0.717) is 31.7 Å². The Morgan fingerprint density at radius 3 is 2.30 bits per heavy atom. The average molecular weight is 366 g/mol. The third-order valence-electron chi connectivity index (χ3n) is 4.93. The van der Waals surface area contributed by atoms with Gasteiger partial charge in [0.2, 0.25) is 5.91 Å². The van der Waals surface area contributed by atoms with E-state index in [9.17, 15) is 9.59 Å². The number of piperazine rings is 1. The summed E-state index contributed by atoms with van der Waals surface area (Å²) in [4.78, 5) is 34.6. The Labute approximate surface area is 160 Å². The van der Waals surface area contributed by atoms with E-state index in [1.807, 2.05) is 59.2 Å². The average Bonchev–Trinajstić information content (AvgIpc) is 2.72. The molecule has 0 bridgehead atoms. The topological polar surface area (TPSA) is 56.8 Å². The highest BCUT2D eigenvalue weighted by molar-refractivity contribution is 5.94. The normalized spacial score (nSPS) is 14.1. The Balaban J connectivity index is 1.64. The fourth-order valence-corrected chi connectivity index (χ4v) is 3.26. The predicted molar refractivity (Wildman–Crippen MR) is 106 cm³/mol. The number of carbonyl (C=O) groups excluding carboxylic acids is 2. The highest BCUT2D eigenvalue weighted by Gasteiger charge is 2.20. The van der Waals surface area contributed by atoms with Gasteiger partial charge in [0.1, 0.15) is 5.82 Å². The number of carbonyl (C=O) groups is 2. The fourth-order valence-electron chi connectivity index (χ4n) is 3.26. The lowest BCUT2D eigenvalue weighted by Gasteiger charge is -2.34. The number of anilines is 1. The summed E-state index contributed by atoms with van der Waals surface area (Å²) in [6.45, 7) is 7.74. The summed E-state index contributed by atoms with van der Waals surface area (Å²) in [5, 5.41) is 0. The second kappa shape index (κ2) is 8.66. The number of rotatable bonds is 5. The zero-order valence-electron chi connectivity index (χ0n) is 16.0. The van der Waals surface area contributed by atoms with Gasteiger partial charge in [-0.3, -0.25) is 9.59 Å². The van der Waals surface area contributed by atoms with Gasteiger partial charge in [0.05, 0.1) is 5.56 Å². The first-order chi connectivity index (χ1) is 13.1. The molecule has 1 aliphatic heterocycles. The Morgan fingerprint density at radius 2 is 1.74 bits per heavy atom. The Morgan fingerprint density at radius 1 is 1.04 bits per heavy atom. The Bertz CT molecular complexity index is 769. The molecule has 0 unspecified atom stereocenters. The quantitative estimate of drug-likeness (QED) is 0.815. The molecule has 2 amide bonds. The molecule has 0 spiro atoms. The monoisotopic (exact) mass is 366 g/mol. The largest absolute Gasteiger partial charge is 0.353 e. The van der Waals surface area contributed by atoms with Crippen molar-refractivity contribution in [3.05, 3.63) is 59.8 Å². The minimum Gasteiger partial charge on any atom is -0.353 e. The van der Waals surface area contributed by atoms with E-state index in [1.54, 1.807) is 13.1 Å². The van der Waals surface area contributed by atoms with E-state index in [-0.39, 0.29) is 11.8 Å². The molecule has 0 saturated carbocycles. The molecule has 1 aromatic carbocycles. The van der Waals surface area contributed by atoms with Crippen LogP contribution in [0.5, 0.6) is 0 Å². The number of aromatic nitrogens is 1. The minimum atomic E-state index is -0.0122. The van der Waals surface area contributed by atoms with Crippen molar-refractivity contribution >= 4 is 17.6 Å². The third kappa shape index (κ3) is 4.64. The zero-order chi connectivity index (χ0) is 19.2. The molecular formula is C21H26N4O2. The lowest BCUT2D eigenvalue weighted by atomic mass is 10.2. The second-order valence-corrected chi connectivity index (χ2v) is 6.70. The van der Waals surface area contributed by atoms with Crippen LogP contribution in [0.15, 0.2) is 48.7 Å². The first-order valence-corrected chi connectivity index (χ1v) is 9.38. The molecule has 2 aromatic rings. The highest BCUT2D eigenvalue weighted by Crippen LogP contribution is 2.16. The number of benzene rings is 1. The van der Waals surface area contributed by atoms with Gasteiger partial charge in [-0.2, -0.15) is 0 Å². The van der Waals surface area contributed by atoms with Crippen LogP contribution >= 0.6 is 0 Å². The molecular weight excluding hydrogens is 340 g/mol. The molecule has 3 rings (SSSR count). The Kier molecular flexibility index (Phi) is 6.06. The summed E-state index contributed by atoms with van der Waals surface area (Å²) in [7, 11) is 0. The molecule has 1 fully saturated rings. The van der Waals surface area contributed by atoms with Crippen LogP contribution in [0.2, 0.25) is 0 Å². The number of amides is 2. The molecule has 0 atom stereocenters. The van der Waals surface area contributed by atoms with Crippen molar-refractivity contribution in [2.45, 2.75) is 20.4 Å². The van der Waals surface area contributed by atoms with Crippen LogP contribution in [-0.2, 0) is 11.3 Å². The number of pyridine rings is 1.